The molecule has 112 heavy (non-hydrogen) atoms. The fourth-order valence-electron chi connectivity index (χ4n) is 9.19. The number of benzene rings is 8. The third kappa shape index (κ3) is 29.2. The summed E-state index contributed by atoms with van der Waals surface area (Å²) in [5.74, 6) is 3.63. The molecule has 3 heterocycles. The molecule has 0 spiro atoms. The van der Waals surface area contributed by atoms with Crippen LogP contribution in [0.5, 0.6) is 23.0 Å². The molecule has 0 amide bonds. The molecule has 0 fully saturated rings. The smallest absolute Gasteiger partial charge is 0.421 e. The Morgan fingerprint density at radius 2 is 0.902 bits per heavy atom. The van der Waals surface area contributed by atoms with Crippen LogP contribution in [0.4, 0.5) is 97.2 Å². The first-order valence-electron chi connectivity index (χ1n) is 33.5. The van der Waals surface area contributed by atoms with Crippen LogP contribution in [0.3, 0.4) is 0 Å². The summed E-state index contributed by atoms with van der Waals surface area (Å²) in [6.07, 6.45) is 12.9. The number of azo groups is 5. The van der Waals surface area contributed by atoms with Crippen molar-refractivity contribution >= 4 is 154 Å². The molecule has 0 atom stereocenters. The Morgan fingerprint density at radius 1 is 0.482 bits per heavy atom. The molecule has 0 saturated carbocycles. The van der Waals surface area contributed by atoms with Gasteiger partial charge in [0.1, 0.15) is 34.4 Å². The Hall–Kier alpha value is -11.8. The van der Waals surface area contributed by atoms with Crippen LogP contribution in [0.1, 0.15) is 22.3 Å². The average Bonchev–Trinajstić information content (AvgIpc) is 1.52. The van der Waals surface area contributed by atoms with Gasteiger partial charge in [0.2, 0.25) is 5.95 Å². The number of methoxy groups -OCH3 is 4. The zero-order chi connectivity index (χ0) is 82.9. The van der Waals surface area contributed by atoms with Gasteiger partial charge >= 0.3 is 5.95 Å². The summed E-state index contributed by atoms with van der Waals surface area (Å²) in [4.78, 5) is 21.1. The normalized spacial score (nSPS) is 10.9. The van der Waals surface area contributed by atoms with Gasteiger partial charge in [-0.05, 0) is 147 Å². The van der Waals surface area contributed by atoms with Crippen molar-refractivity contribution in [3.63, 3.8) is 0 Å². The summed E-state index contributed by atoms with van der Waals surface area (Å²) in [7, 11) is 22.0. The molecule has 0 aliphatic rings. The topological polar surface area (TPSA) is 384 Å². The van der Waals surface area contributed by atoms with E-state index in [1.54, 1.807) is 102 Å². The maximum absolute atomic E-state index is 9.47. The molecule has 11 rings (SSSR count). The fraction of sp³-hybridized carbons (Fsp3) is 0.250. The van der Waals surface area contributed by atoms with Crippen molar-refractivity contribution in [1.29, 1.82) is 0 Å². The molecule has 0 bridgehead atoms. The third-order valence-corrected chi connectivity index (χ3v) is 16.7. The highest BCUT2D eigenvalue weighted by Crippen LogP contribution is 2.40. The van der Waals surface area contributed by atoms with E-state index < -0.39 is 10.1 Å². The molecule has 8 aromatic carbocycles. The van der Waals surface area contributed by atoms with Gasteiger partial charge in [-0.2, -0.15) is 30.7 Å². The number of halogens is 4. The van der Waals surface area contributed by atoms with E-state index in [2.05, 4.69) is 75.4 Å². The first-order chi connectivity index (χ1) is 53.1. The minimum Gasteiger partial charge on any atom is -0.707 e. The van der Waals surface area contributed by atoms with Crippen molar-refractivity contribution in [2.24, 2.45) is 65.2 Å². The van der Waals surface area contributed by atoms with Crippen LogP contribution in [0.2, 0.25) is 20.1 Å². The Balaban J connectivity index is 0.000000252. The lowest BCUT2D eigenvalue weighted by Crippen LogP contribution is -2.25. The number of rotatable bonds is 19. The van der Waals surface area contributed by atoms with Crippen LogP contribution >= 0.6 is 46.4 Å². The lowest BCUT2D eigenvalue weighted by atomic mass is 10.1. The van der Waals surface area contributed by atoms with E-state index >= 15 is 0 Å². The number of ether oxygens (including phenoxy) is 4. The first-order valence-corrected chi connectivity index (χ1v) is 36.8. The summed E-state index contributed by atoms with van der Waals surface area (Å²) >= 11 is 24.7. The number of nitrogens with zero attached hydrogens (tertiary/aromatic N) is 18. The number of hydrogen-bond donors (Lipinski definition) is 5. The molecular weight excluding hydrogens is 1540 g/mol. The predicted octanol–water partition coefficient (Wildman–Crippen LogP) is 18.9. The van der Waals surface area contributed by atoms with Gasteiger partial charge in [0.05, 0.1) is 150 Å². The zero-order valence-electron chi connectivity index (χ0n) is 65.6. The number of aromatic nitrogens is 6. The molecule has 31 nitrogen and oxygen atoms in total. The van der Waals surface area contributed by atoms with Crippen LogP contribution in [0, 0.1) is 27.7 Å². The van der Waals surface area contributed by atoms with Crippen LogP contribution in [0.15, 0.2) is 222 Å². The van der Waals surface area contributed by atoms with Gasteiger partial charge in [0, 0.05) is 122 Å². The molecule has 36 heteroatoms. The van der Waals surface area contributed by atoms with Gasteiger partial charge < -0.3 is 75.3 Å². The number of hydrogen-bond acceptors (Lipinski definition) is 27. The summed E-state index contributed by atoms with van der Waals surface area (Å²) in [6, 6.07) is 38.7. The number of nitrogens with two attached hydrogens (primary N) is 3. The molecule has 0 aliphatic carbocycles. The maximum Gasteiger partial charge on any atom is 0.421 e. The second-order valence-electron chi connectivity index (χ2n) is 24.7. The lowest BCUT2D eigenvalue weighted by molar-refractivity contribution is -0.657. The molecule has 3 aromatic heterocycles. The van der Waals surface area contributed by atoms with Crippen LogP contribution in [0.25, 0.3) is 0 Å². The zero-order valence-corrected chi connectivity index (χ0v) is 69.5. The Morgan fingerprint density at radius 3 is 1.24 bits per heavy atom. The lowest BCUT2D eigenvalue weighted by Gasteiger charge is -2.14. The molecular formula is C76H93Cl4N23O8S. The number of H-pyrrole nitrogens is 2. The molecule has 8 N–H and O–H groups in total. The van der Waals surface area contributed by atoms with Gasteiger partial charge in [0.15, 0.2) is 0 Å². The number of aryl methyl sites for hydroxylation is 6. The van der Waals surface area contributed by atoms with Gasteiger partial charge in [0.25, 0.3) is 10.1 Å². The monoisotopic (exact) mass is 1630 g/mol. The molecule has 594 valence electrons. The van der Waals surface area contributed by atoms with Crippen molar-refractivity contribution in [2.45, 2.75) is 27.7 Å². The van der Waals surface area contributed by atoms with Crippen LogP contribution in [-0.2, 0) is 28.5 Å². The summed E-state index contributed by atoms with van der Waals surface area (Å²) < 4.78 is 46.4. The van der Waals surface area contributed by atoms with Gasteiger partial charge in [-0.1, -0.05) is 57.6 Å². The Kier molecular flexibility index (Phi) is 36.3. The molecule has 0 saturated heterocycles. The number of imidazole rings is 3. The first kappa shape index (κ1) is 90.8. The number of nitrogen functional groups attached to an aromatic ring is 3. The van der Waals surface area contributed by atoms with Crippen molar-refractivity contribution in [3.05, 3.63) is 213 Å². The van der Waals surface area contributed by atoms with E-state index in [1.807, 2.05) is 224 Å². The van der Waals surface area contributed by atoms with Crippen LogP contribution in [-0.4, -0.2) is 124 Å². The van der Waals surface area contributed by atoms with Crippen molar-refractivity contribution < 1.29 is 41.5 Å². The number of anilines is 7. The summed E-state index contributed by atoms with van der Waals surface area (Å²) in [5.41, 5.74) is 31.9. The SMILES string of the molecule is CN(C)c1ccc(N)cc1Cl.COc1cc(N=Nc2ccc(N(C)C)c(Cl)c2)c(C)cc1N.COc1cc(N=Nc2ccc(N(C)C)c(Cl)c2)c(C)cc1N=Nc1n(C)cc[n+]1C.COc1cc(N=Nc2ccc(N(C)C)c(Cl)c2)c(C)cc1N=Nc1ncc[nH]1.COc1ccc(C)c(N)c1.CS(=O)(=O)O[O-].c1c[nH]cn1. The van der Waals surface area contributed by atoms with E-state index in [1.165, 1.54) is 0 Å². The van der Waals surface area contributed by atoms with E-state index in [4.69, 9.17) is 87.8 Å². The maximum atomic E-state index is 9.47. The summed E-state index contributed by atoms with van der Waals surface area (Å²) in [6.45, 7) is 7.75. The summed E-state index contributed by atoms with van der Waals surface area (Å²) in [5, 5.41) is 54.2. The van der Waals surface area contributed by atoms with E-state index in [0.717, 1.165) is 62.4 Å². The second-order valence-corrected chi connectivity index (χ2v) is 27.9. The average molecular weight is 1630 g/mol. The fourth-order valence-corrected chi connectivity index (χ4v) is 10.6. The van der Waals surface area contributed by atoms with Gasteiger partial charge in [-0.25, -0.2) is 27.5 Å². The molecule has 11 aromatic rings. The molecule has 0 aliphatic heterocycles. The minimum absolute atomic E-state index is 0.418. The number of nitrogens with one attached hydrogen (secondary N) is 2. The highest BCUT2D eigenvalue weighted by Gasteiger charge is 2.16. The van der Waals surface area contributed by atoms with Gasteiger partial charge in [-0.15, -0.1) is 10.2 Å². The quantitative estimate of drug-likeness (QED) is 0.0165. The molecule has 0 unspecified atom stereocenters. The third-order valence-electron chi connectivity index (χ3n) is 15.2. The number of aromatic amines is 2. The predicted molar refractivity (Wildman–Crippen MR) is 448 cm³/mol. The van der Waals surface area contributed by atoms with Crippen molar-refractivity contribution in [3.8, 4) is 23.0 Å². The minimum atomic E-state index is -3.72. The van der Waals surface area contributed by atoms with Crippen molar-refractivity contribution in [1.82, 2.24) is 24.5 Å². The Bertz CT molecular complexity index is 5080. The highest BCUT2D eigenvalue weighted by atomic mass is 35.5. The largest absolute Gasteiger partial charge is 0.707 e. The molecule has 0 radical (unpaired) electrons. The van der Waals surface area contributed by atoms with Gasteiger partial charge in [-0.3, -0.25) is 0 Å². The van der Waals surface area contributed by atoms with E-state index in [9.17, 15) is 8.42 Å². The highest BCUT2D eigenvalue weighted by molar-refractivity contribution is 7.85. The van der Waals surface area contributed by atoms with Crippen molar-refractivity contribution in [2.75, 3.05) is 128 Å². The Labute approximate surface area is 672 Å². The van der Waals surface area contributed by atoms with E-state index in [-0.39, 0.29) is 0 Å². The van der Waals surface area contributed by atoms with E-state index in [0.29, 0.717) is 106 Å². The second kappa shape index (κ2) is 44.8. The standard InChI is InChI=1S/C21H25ClN7O.C19H20ClN7O.C16H19ClN4O.C8H11ClN2.C8H11NO.C3H4N2.CH4O4S/c1-14-11-18(25-26-21-28(4)9-10-29(21)5)20(30-6)13-17(14)24-23-15-7-8-19(27(2)3)16(22)12-15;1-12-9-16(25-26-19-21-7-8-22-19)18(28-4)11-15(12)24-23-13-5-6-17(27(2)3)14(20)10-13;1-10-7-13(18)16(22-4)9-14(10)20-19-11-5-6-15(21(2)3)12(17)8-11;1-11(2)8-4-3-6(10)5-7(8)9;1-6-3-4-7(10-2)5-8(6)9;1-2-5-3-4-1;1-6(3,4)5-2/h7-13H,1-6H3;5-11H,1-4H3,(H,21,22);5-9H,18H2,1-4H3;3-5H,10H2,1-2H3;3-5H,9H2,1-2H3;1-3H,(H,4,5);2H,1H3/q+1;;;;;;/p-1. The van der Waals surface area contributed by atoms with Crippen LogP contribution < -0.4 is 65.6 Å².